The van der Waals surface area contributed by atoms with Crippen molar-refractivity contribution in [3.63, 3.8) is 0 Å². The highest BCUT2D eigenvalue weighted by atomic mass is 19.1. The van der Waals surface area contributed by atoms with E-state index in [2.05, 4.69) is 4.90 Å². The van der Waals surface area contributed by atoms with Crippen LogP contribution in [0.25, 0.3) is 33.5 Å². The van der Waals surface area contributed by atoms with Crippen molar-refractivity contribution in [3.05, 3.63) is 48.3 Å². The number of anilines is 1. The number of carbonyl (C=O) groups is 1. The van der Waals surface area contributed by atoms with Gasteiger partial charge in [-0.2, -0.15) is 0 Å². The molecule has 1 aliphatic heterocycles. The van der Waals surface area contributed by atoms with Crippen molar-refractivity contribution in [3.8, 4) is 17.2 Å². The maximum atomic E-state index is 13.7. The fourth-order valence-electron chi connectivity index (χ4n) is 3.99. The minimum Gasteiger partial charge on any atom is -0.454 e. The Morgan fingerprint density at radius 3 is 2.58 bits per heavy atom. The molecule has 0 saturated carbocycles. The fourth-order valence-corrected chi connectivity index (χ4v) is 3.99. The second kappa shape index (κ2) is 7.86. The largest absolute Gasteiger partial charge is 0.511 e. The summed E-state index contributed by atoms with van der Waals surface area (Å²) in [6.45, 7) is 1.68. The highest BCUT2D eigenvalue weighted by Crippen LogP contribution is 2.35. The number of nitrogens with zero attached hydrogens (tertiary/aromatic N) is 3. The summed E-state index contributed by atoms with van der Waals surface area (Å²) in [5.74, 6) is 1.03. The SMILES string of the molecule is O=C(O)Oc1ccc2nc(-c3cc4cc(F)ccc4o3)c(N3CCCCCC3)nc2c1. The first-order valence-electron chi connectivity index (χ1n) is 10.2. The van der Waals surface area contributed by atoms with Gasteiger partial charge >= 0.3 is 6.16 Å². The van der Waals surface area contributed by atoms with Gasteiger partial charge in [-0.15, -0.1) is 0 Å². The molecule has 7 nitrogen and oxygen atoms in total. The molecule has 3 heterocycles. The van der Waals surface area contributed by atoms with Crippen LogP contribution < -0.4 is 9.64 Å². The van der Waals surface area contributed by atoms with E-state index in [0.29, 0.717) is 39.3 Å². The molecule has 0 spiro atoms. The van der Waals surface area contributed by atoms with Crippen LogP contribution in [0.15, 0.2) is 46.9 Å². The molecular weight excluding hydrogens is 401 g/mol. The van der Waals surface area contributed by atoms with Crippen molar-refractivity contribution in [1.82, 2.24) is 9.97 Å². The van der Waals surface area contributed by atoms with Crippen LogP contribution in [0.5, 0.6) is 5.75 Å². The van der Waals surface area contributed by atoms with E-state index in [1.54, 1.807) is 24.3 Å². The third-order valence-electron chi connectivity index (χ3n) is 5.44. The number of halogens is 1. The molecule has 158 valence electrons. The number of hydrogen-bond acceptors (Lipinski definition) is 6. The van der Waals surface area contributed by atoms with E-state index in [1.807, 2.05) is 0 Å². The molecule has 0 unspecified atom stereocenters. The summed E-state index contributed by atoms with van der Waals surface area (Å²) in [5, 5.41) is 9.56. The molecule has 0 radical (unpaired) electrons. The molecule has 1 aliphatic rings. The molecular formula is C23H20FN3O4. The van der Waals surface area contributed by atoms with E-state index < -0.39 is 6.16 Å². The highest BCUT2D eigenvalue weighted by Gasteiger charge is 2.22. The van der Waals surface area contributed by atoms with Crippen molar-refractivity contribution in [2.24, 2.45) is 0 Å². The average molecular weight is 421 g/mol. The number of carboxylic acid groups (broad SMARTS) is 1. The topological polar surface area (TPSA) is 88.7 Å². The van der Waals surface area contributed by atoms with E-state index in [0.717, 1.165) is 38.8 Å². The second-order valence-electron chi connectivity index (χ2n) is 7.61. The van der Waals surface area contributed by atoms with Crippen LogP contribution in [0.1, 0.15) is 25.7 Å². The summed E-state index contributed by atoms with van der Waals surface area (Å²) >= 11 is 0. The van der Waals surface area contributed by atoms with E-state index >= 15 is 0 Å². The third-order valence-corrected chi connectivity index (χ3v) is 5.44. The molecule has 1 saturated heterocycles. The Bertz CT molecular complexity index is 1280. The minimum atomic E-state index is -1.38. The summed E-state index contributed by atoms with van der Waals surface area (Å²) in [7, 11) is 0. The van der Waals surface area contributed by atoms with Crippen molar-refractivity contribution in [2.45, 2.75) is 25.7 Å². The molecule has 2 aromatic carbocycles. The Balaban J connectivity index is 1.68. The molecule has 1 N–H and O–H groups in total. The van der Waals surface area contributed by atoms with Gasteiger partial charge < -0.3 is 19.2 Å². The molecule has 5 rings (SSSR count). The Kier molecular flexibility index (Phi) is 4.89. The van der Waals surface area contributed by atoms with Crippen molar-refractivity contribution >= 4 is 34.0 Å². The lowest BCUT2D eigenvalue weighted by atomic mass is 10.2. The molecule has 8 heteroatoms. The Hall–Kier alpha value is -3.68. The minimum absolute atomic E-state index is 0.183. The Morgan fingerprint density at radius 1 is 1.00 bits per heavy atom. The van der Waals surface area contributed by atoms with Gasteiger partial charge in [0.2, 0.25) is 0 Å². The van der Waals surface area contributed by atoms with Gasteiger partial charge in [0.1, 0.15) is 22.8 Å². The lowest BCUT2D eigenvalue weighted by Crippen LogP contribution is -2.26. The van der Waals surface area contributed by atoms with Gasteiger partial charge in [-0.25, -0.2) is 19.2 Å². The number of ether oxygens (including phenoxy) is 1. The molecule has 0 bridgehead atoms. The first-order valence-corrected chi connectivity index (χ1v) is 10.2. The Labute approximate surface area is 177 Å². The van der Waals surface area contributed by atoms with Gasteiger partial charge in [0, 0.05) is 24.5 Å². The number of benzene rings is 2. The monoisotopic (exact) mass is 421 g/mol. The number of fused-ring (bicyclic) bond motifs is 2. The summed E-state index contributed by atoms with van der Waals surface area (Å²) in [5.41, 5.74) is 2.27. The van der Waals surface area contributed by atoms with E-state index in [4.69, 9.17) is 24.2 Å². The molecule has 1 fully saturated rings. The van der Waals surface area contributed by atoms with E-state index in [9.17, 15) is 9.18 Å². The predicted molar refractivity (Wildman–Crippen MR) is 114 cm³/mol. The van der Waals surface area contributed by atoms with Crippen LogP contribution in [0.3, 0.4) is 0 Å². The van der Waals surface area contributed by atoms with Crippen LogP contribution in [0, 0.1) is 5.82 Å². The molecule has 4 aromatic rings. The van der Waals surface area contributed by atoms with Crippen LogP contribution in [0.4, 0.5) is 15.0 Å². The van der Waals surface area contributed by atoms with Crippen LogP contribution in [-0.4, -0.2) is 34.3 Å². The number of hydrogen-bond donors (Lipinski definition) is 1. The second-order valence-corrected chi connectivity index (χ2v) is 7.61. The van der Waals surface area contributed by atoms with Gasteiger partial charge in [-0.3, -0.25) is 0 Å². The first kappa shape index (κ1) is 19.3. The van der Waals surface area contributed by atoms with Gasteiger partial charge in [0.25, 0.3) is 0 Å². The highest BCUT2D eigenvalue weighted by molar-refractivity contribution is 5.88. The summed E-state index contributed by atoms with van der Waals surface area (Å²) in [4.78, 5) is 22.7. The lowest BCUT2D eigenvalue weighted by molar-refractivity contribution is 0.144. The van der Waals surface area contributed by atoms with Crippen molar-refractivity contribution < 1.29 is 23.4 Å². The maximum Gasteiger partial charge on any atom is 0.511 e. The van der Waals surface area contributed by atoms with E-state index in [-0.39, 0.29) is 11.6 Å². The molecule has 31 heavy (non-hydrogen) atoms. The van der Waals surface area contributed by atoms with Gasteiger partial charge in [0.05, 0.1) is 11.0 Å². The molecule has 0 amide bonds. The average Bonchev–Trinajstić information content (AvgIpc) is 2.97. The zero-order chi connectivity index (χ0) is 21.4. The molecule has 0 atom stereocenters. The number of aromatic nitrogens is 2. The quantitative estimate of drug-likeness (QED) is 0.339. The van der Waals surface area contributed by atoms with Gasteiger partial charge in [-0.1, -0.05) is 12.8 Å². The smallest absolute Gasteiger partial charge is 0.454 e. The lowest BCUT2D eigenvalue weighted by Gasteiger charge is -2.23. The van der Waals surface area contributed by atoms with Crippen LogP contribution in [-0.2, 0) is 0 Å². The van der Waals surface area contributed by atoms with Crippen molar-refractivity contribution in [1.29, 1.82) is 0 Å². The first-order chi connectivity index (χ1) is 15.1. The predicted octanol–water partition coefficient (Wildman–Crippen LogP) is 5.62. The summed E-state index contributed by atoms with van der Waals surface area (Å²) in [6.07, 6.45) is 3.03. The number of rotatable bonds is 3. The third kappa shape index (κ3) is 3.88. The van der Waals surface area contributed by atoms with E-state index in [1.165, 1.54) is 18.2 Å². The standard InChI is InChI=1S/C23H20FN3O4/c24-15-5-8-19-14(11-15)12-20(31-19)21-22(27-9-3-1-2-4-10-27)26-18-13-16(30-23(28)29)6-7-17(18)25-21/h5-8,11-13H,1-4,9-10H2,(H,28,29). The van der Waals surface area contributed by atoms with Gasteiger partial charge in [0.15, 0.2) is 11.6 Å². The molecule has 2 aromatic heterocycles. The maximum absolute atomic E-state index is 13.7. The summed E-state index contributed by atoms with van der Waals surface area (Å²) < 4.78 is 24.4. The van der Waals surface area contributed by atoms with Gasteiger partial charge in [-0.05, 0) is 49.2 Å². The normalized spacial score (nSPS) is 14.7. The zero-order valence-electron chi connectivity index (χ0n) is 16.7. The van der Waals surface area contributed by atoms with Crippen molar-refractivity contribution in [2.75, 3.05) is 18.0 Å². The van der Waals surface area contributed by atoms with Crippen LogP contribution in [0.2, 0.25) is 0 Å². The summed E-state index contributed by atoms with van der Waals surface area (Å²) in [6, 6.07) is 10.9. The number of furan rings is 1. The fraction of sp³-hybridized carbons (Fsp3) is 0.261. The Morgan fingerprint density at radius 2 is 1.81 bits per heavy atom. The zero-order valence-corrected chi connectivity index (χ0v) is 16.7. The molecule has 0 aliphatic carbocycles. The van der Waals surface area contributed by atoms with Crippen LogP contribution >= 0.6 is 0 Å².